The Bertz CT molecular complexity index is 714. The normalized spacial score (nSPS) is 17.1. The topological polar surface area (TPSA) is 69.2 Å². The van der Waals surface area contributed by atoms with Crippen molar-refractivity contribution in [3.8, 4) is 5.75 Å². The highest BCUT2D eigenvalue weighted by molar-refractivity contribution is 14.0. The van der Waals surface area contributed by atoms with Crippen molar-refractivity contribution in [1.29, 1.82) is 0 Å². The van der Waals surface area contributed by atoms with E-state index in [0.717, 1.165) is 17.7 Å². The van der Waals surface area contributed by atoms with Crippen LogP contribution in [0.1, 0.15) is 12.0 Å². The minimum absolute atomic E-state index is 0. The van der Waals surface area contributed by atoms with Gasteiger partial charge in [-0.2, -0.15) is 13.2 Å². The molecule has 1 saturated heterocycles. The molecule has 176 valence electrons. The molecule has 7 nitrogen and oxygen atoms in total. The lowest BCUT2D eigenvalue weighted by molar-refractivity contribution is -0.143. The van der Waals surface area contributed by atoms with E-state index in [1.807, 2.05) is 24.3 Å². The van der Waals surface area contributed by atoms with Crippen molar-refractivity contribution in [1.82, 2.24) is 20.4 Å². The molecule has 0 bridgehead atoms. The van der Waals surface area contributed by atoms with Crippen LogP contribution in [0, 0.1) is 0 Å². The van der Waals surface area contributed by atoms with Crippen LogP contribution in [-0.2, 0) is 11.2 Å². The van der Waals surface area contributed by atoms with E-state index in [-0.39, 0.29) is 49.0 Å². The number of aliphatic imine (C=N–C) groups is 1. The third-order valence-electron chi connectivity index (χ3n) is 4.75. The number of nitrogens with one attached hydrogen (secondary N) is 2. The van der Waals surface area contributed by atoms with E-state index < -0.39 is 12.7 Å². The maximum atomic E-state index is 12.6. The number of rotatable bonds is 8. The first kappa shape index (κ1) is 27.3. The van der Waals surface area contributed by atoms with Gasteiger partial charge in [0.2, 0.25) is 5.91 Å². The Morgan fingerprint density at radius 3 is 2.55 bits per heavy atom. The van der Waals surface area contributed by atoms with Gasteiger partial charge < -0.3 is 20.3 Å². The van der Waals surface area contributed by atoms with Gasteiger partial charge in [0, 0.05) is 39.8 Å². The minimum atomic E-state index is -4.21. The molecule has 1 atom stereocenters. The number of likely N-dealkylation sites (tertiary alicyclic amines) is 1. The van der Waals surface area contributed by atoms with E-state index in [1.54, 1.807) is 21.2 Å². The molecule has 1 aromatic carbocycles. The molecule has 1 amide bonds. The second-order valence-electron chi connectivity index (χ2n) is 7.46. The summed E-state index contributed by atoms with van der Waals surface area (Å²) in [6.45, 7) is 0.256. The molecule has 31 heavy (non-hydrogen) atoms. The van der Waals surface area contributed by atoms with Gasteiger partial charge in [0.15, 0.2) is 5.96 Å². The number of amides is 1. The summed E-state index contributed by atoms with van der Waals surface area (Å²) in [7, 11) is 4.90. The van der Waals surface area contributed by atoms with Crippen LogP contribution in [0.25, 0.3) is 0 Å². The van der Waals surface area contributed by atoms with Crippen LogP contribution in [0.4, 0.5) is 13.2 Å². The summed E-state index contributed by atoms with van der Waals surface area (Å²) >= 11 is 0. The van der Waals surface area contributed by atoms with Crippen molar-refractivity contribution in [2.45, 2.75) is 25.1 Å². The Morgan fingerprint density at radius 2 is 1.97 bits per heavy atom. The number of benzene rings is 1. The van der Waals surface area contributed by atoms with Gasteiger partial charge in [-0.05, 0) is 30.5 Å². The number of ether oxygens (including phenoxy) is 1. The van der Waals surface area contributed by atoms with Crippen molar-refractivity contribution >= 4 is 35.8 Å². The van der Waals surface area contributed by atoms with Crippen LogP contribution in [0.2, 0.25) is 0 Å². The molecule has 1 aliphatic heterocycles. The lowest BCUT2D eigenvalue weighted by Gasteiger charge is -2.20. The first-order valence-electron chi connectivity index (χ1n) is 9.83. The van der Waals surface area contributed by atoms with Gasteiger partial charge in [-0.1, -0.05) is 12.1 Å². The standard InChI is InChI=1S/C20H30F3N5O2.HI/c1-27(2)18(29)12-25-19(24-10-8-15-4-6-17(30-3)7-5-15)26-16-9-11-28(13-16)14-20(21,22)23;/h4-7,16H,8-14H2,1-3H3,(H2,24,25,26);1H. The number of carbonyl (C=O) groups excluding carboxylic acids is 1. The molecule has 1 heterocycles. The molecule has 2 rings (SSSR count). The number of hydrogen-bond donors (Lipinski definition) is 2. The van der Waals surface area contributed by atoms with Crippen molar-refractivity contribution in [3.63, 3.8) is 0 Å². The van der Waals surface area contributed by atoms with E-state index in [1.165, 1.54) is 9.80 Å². The molecule has 0 aliphatic carbocycles. The summed E-state index contributed by atoms with van der Waals surface area (Å²) in [5.74, 6) is 1.05. The summed E-state index contributed by atoms with van der Waals surface area (Å²) in [4.78, 5) is 19.0. The molecule has 0 spiro atoms. The fraction of sp³-hybridized carbons (Fsp3) is 0.600. The predicted octanol–water partition coefficient (Wildman–Crippen LogP) is 2.12. The van der Waals surface area contributed by atoms with Crippen molar-refractivity contribution in [2.75, 3.05) is 53.9 Å². The van der Waals surface area contributed by atoms with Crippen LogP contribution in [-0.4, -0.2) is 87.8 Å². The van der Waals surface area contributed by atoms with Crippen molar-refractivity contribution in [3.05, 3.63) is 29.8 Å². The number of halogens is 4. The Balaban J connectivity index is 0.00000480. The van der Waals surface area contributed by atoms with E-state index >= 15 is 0 Å². The number of guanidine groups is 1. The van der Waals surface area contributed by atoms with Crippen LogP contribution in [0.5, 0.6) is 5.75 Å². The van der Waals surface area contributed by atoms with E-state index in [4.69, 9.17) is 4.74 Å². The molecule has 0 saturated carbocycles. The third-order valence-corrected chi connectivity index (χ3v) is 4.75. The smallest absolute Gasteiger partial charge is 0.401 e. The van der Waals surface area contributed by atoms with Gasteiger partial charge in [-0.3, -0.25) is 9.69 Å². The van der Waals surface area contributed by atoms with Crippen LogP contribution < -0.4 is 15.4 Å². The zero-order valence-corrected chi connectivity index (χ0v) is 20.4. The molecule has 0 aromatic heterocycles. The van der Waals surface area contributed by atoms with Crippen molar-refractivity contribution < 1.29 is 22.7 Å². The minimum Gasteiger partial charge on any atom is -0.497 e. The second kappa shape index (κ2) is 12.9. The molecule has 1 fully saturated rings. The Hall–Kier alpha value is -1.76. The molecule has 1 aliphatic rings. The second-order valence-corrected chi connectivity index (χ2v) is 7.46. The molecule has 11 heteroatoms. The zero-order chi connectivity index (χ0) is 22.1. The van der Waals surface area contributed by atoms with Gasteiger partial charge in [0.05, 0.1) is 13.7 Å². The molecule has 2 N–H and O–H groups in total. The van der Waals surface area contributed by atoms with E-state index in [9.17, 15) is 18.0 Å². The number of methoxy groups -OCH3 is 1. The Labute approximate surface area is 198 Å². The summed E-state index contributed by atoms with van der Waals surface area (Å²) < 4.78 is 43.0. The number of alkyl halides is 3. The van der Waals surface area contributed by atoms with Crippen LogP contribution in [0.3, 0.4) is 0 Å². The lowest BCUT2D eigenvalue weighted by Crippen LogP contribution is -2.46. The molecule has 1 unspecified atom stereocenters. The van der Waals surface area contributed by atoms with E-state index in [2.05, 4.69) is 15.6 Å². The summed E-state index contributed by atoms with van der Waals surface area (Å²) in [6, 6.07) is 7.53. The molecule has 1 aromatic rings. The van der Waals surface area contributed by atoms with Gasteiger partial charge in [-0.25, -0.2) is 4.99 Å². The van der Waals surface area contributed by atoms with Crippen LogP contribution in [0.15, 0.2) is 29.3 Å². The highest BCUT2D eigenvalue weighted by atomic mass is 127. The quantitative estimate of drug-likeness (QED) is 0.291. The molecule has 0 radical (unpaired) electrons. The van der Waals surface area contributed by atoms with Gasteiger partial charge in [-0.15, -0.1) is 24.0 Å². The number of nitrogens with zero attached hydrogens (tertiary/aromatic N) is 3. The number of carbonyl (C=O) groups is 1. The Kier molecular flexibility index (Phi) is 11.4. The van der Waals surface area contributed by atoms with E-state index in [0.29, 0.717) is 25.5 Å². The summed E-state index contributed by atoms with van der Waals surface area (Å²) in [6.07, 6.45) is -2.91. The van der Waals surface area contributed by atoms with Gasteiger partial charge in [0.1, 0.15) is 12.3 Å². The maximum Gasteiger partial charge on any atom is 0.401 e. The van der Waals surface area contributed by atoms with Crippen molar-refractivity contribution in [2.24, 2.45) is 4.99 Å². The first-order chi connectivity index (χ1) is 14.2. The summed E-state index contributed by atoms with van der Waals surface area (Å²) in [5.41, 5.74) is 1.10. The number of hydrogen-bond acceptors (Lipinski definition) is 4. The average molecular weight is 557 g/mol. The number of likely N-dealkylation sites (N-methyl/N-ethyl adjacent to an activating group) is 1. The predicted molar refractivity (Wildman–Crippen MR) is 125 cm³/mol. The largest absolute Gasteiger partial charge is 0.497 e. The highest BCUT2D eigenvalue weighted by Crippen LogP contribution is 2.20. The zero-order valence-electron chi connectivity index (χ0n) is 18.0. The lowest BCUT2D eigenvalue weighted by atomic mass is 10.1. The summed E-state index contributed by atoms with van der Waals surface area (Å²) in [5, 5.41) is 6.35. The fourth-order valence-electron chi connectivity index (χ4n) is 3.10. The third kappa shape index (κ3) is 10.4. The monoisotopic (exact) mass is 557 g/mol. The van der Waals surface area contributed by atoms with Gasteiger partial charge in [0.25, 0.3) is 0 Å². The average Bonchev–Trinajstić information content (AvgIpc) is 3.11. The van der Waals surface area contributed by atoms with Crippen LogP contribution >= 0.6 is 24.0 Å². The SMILES string of the molecule is COc1ccc(CCNC(=NCC(=O)N(C)C)NC2CCN(CC(F)(F)F)C2)cc1.I. The maximum absolute atomic E-state index is 12.6. The molecular formula is C20H31F3IN5O2. The highest BCUT2D eigenvalue weighted by Gasteiger charge is 2.34. The van der Waals surface area contributed by atoms with Gasteiger partial charge >= 0.3 is 6.18 Å². The molecular weight excluding hydrogens is 526 g/mol. The Morgan fingerprint density at radius 1 is 1.29 bits per heavy atom. The first-order valence-corrected chi connectivity index (χ1v) is 9.83. The fourth-order valence-corrected chi connectivity index (χ4v) is 3.10.